The Morgan fingerprint density at radius 2 is 2.00 bits per heavy atom. The number of amides is 1. The molecule has 2 saturated heterocycles. The minimum Gasteiger partial charge on any atom is -0.481 e. The number of halogens is 2. The highest BCUT2D eigenvalue weighted by Gasteiger charge is 2.51. The van der Waals surface area contributed by atoms with Crippen molar-refractivity contribution in [1.82, 2.24) is 4.90 Å². The minimum atomic E-state index is -0.827. The van der Waals surface area contributed by atoms with Gasteiger partial charge in [-0.25, -0.2) is 0 Å². The maximum Gasteiger partial charge on any atom is 0.308 e. The molecule has 1 N–H and O–H groups in total. The number of carboxylic acid groups (broad SMARTS) is 1. The first-order chi connectivity index (χ1) is 9.49. The van der Waals surface area contributed by atoms with Crippen molar-refractivity contribution in [2.75, 3.05) is 0 Å². The van der Waals surface area contributed by atoms with E-state index < -0.39 is 11.9 Å². The summed E-state index contributed by atoms with van der Waals surface area (Å²) in [5.41, 5.74) is 0.349. The second-order valence-electron chi connectivity index (χ2n) is 5.32. The van der Waals surface area contributed by atoms with Gasteiger partial charge in [0.1, 0.15) is 0 Å². The molecule has 6 heteroatoms. The molecule has 3 unspecified atom stereocenters. The van der Waals surface area contributed by atoms with Crippen LogP contribution >= 0.6 is 23.2 Å². The van der Waals surface area contributed by atoms with E-state index in [9.17, 15) is 14.7 Å². The maximum atomic E-state index is 12.6. The molecule has 20 heavy (non-hydrogen) atoms. The molecule has 0 spiro atoms. The Labute approximate surface area is 126 Å². The second-order valence-corrected chi connectivity index (χ2v) is 6.16. The highest BCUT2D eigenvalue weighted by atomic mass is 35.5. The molecule has 2 heterocycles. The Kier molecular flexibility index (Phi) is 3.38. The third kappa shape index (κ3) is 2.07. The number of hydrogen-bond acceptors (Lipinski definition) is 2. The molecule has 2 bridgehead atoms. The lowest BCUT2D eigenvalue weighted by molar-refractivity contribution is -0.142. The number of benzene rings is 1. The van der Waals surface area contributed by atoms with Gasteiger partial charge in [0, 0.05) is 17.1 Å². The molecule has 1 aromatic rings. The fraction of sp³-hybridized carbons (Fsp3) is 0.429. The third-order valence-electron chi connectivity index (χ3n) is 4.25. The fourth-order valence-electron chi connectivity index (χ4n) is 3.37. The number of carbonyl (C=O) groups excluding carboxylic acids is 1. The van der Waals surface area contributed by atoms with Crippen molar-refractivity contribution < 1.29 is 14.7 Å². The quantitative estimate of drug-likeness (QED) is 0.912. The summed E-state index contributed by atoms with van der Waals surface area (Å²) < 4.78 is 0. The number of aliphatic carboxylic acids is 1. The van der Waals surface area contributed by atoms with Crippen LogP contribution < -0.4 is 0 Å². The zero-order valence-electron chi connectivity index (χ0n) is 10.6. The van der Waals surface area contributed by atoms with Crippen molar-refractivity contribution in [2.45, 2.75) is 31.3 Å². The maximum absolute atomic E-state index is 12.6. The van der Waals surface area contributed by atoms with Crippen molar-refractivity contribution in [3.63, 3.8) is 0 Å². The van der Waals surface area contributed by atoms with E-state index in [1.807, 2.05) is 0 Å². The first kappa shape index (κ1) is 13.7. The highest BCUT2D eigenvalue weighted by Crippen LogP contribution is 2.43. The van der Waals surface area contributed by atoms with Gasteiger partial charge in [-0.2, -0.15) is 0 Å². The van der Waals surface area contributed by atoms with Crippen molar-refractivity contribution in [3.05, 3.63) is 33.8 Å². The molecule has 2 fully saturated rings. The Bertz CT molecular complexity index is 590. The molecule has 3 rings (SSSR count). The van der Waals surface area contributed by atoms with Crippen LogP contribution in [0.15, 0.2) is 18.2 Å². The first-order valence-electron chi connectivity index (χ1n) is 6.49. The van der Waals surface area contributed by atoms with E-state index in [4.69, 9.17) is 23.2 Å². The number of carbonyl (C=O) groups is 2. The second kappa shape index (κ2) is 4.93. The molecule has 4 nitrogen and oxygen atoms in total. The highest BCUT2D eigenvalue weighted by molar-refractivity contribution is 6.35. The molecule has 1 aromatic carbocycles. The molecule has 0 saturated carbocycles. The van der Waals surface area contributed by atoms with Gasteiger partial charge in [-0.3, -0.25) is 9.59 Å². The van der Waals surface area contributed by atoms with Crippen molar-refractivity contribution in [3.8, 4) is 0 Å². The van der Waals surface area contributed by atoms with Crippen LogP contribution in [-0.4, -0.2) is 34.0 Å². The van der Waals surface area contributed by atoms with Gasteiger partial charge in [-0.05, 0) is 37.5 Å². The molecule has 1 amide bonds. The summed E-state index contributed by atoms with van der Waals surface area (Å²) in [7, 11) is 0. The number of nitrogens with zero attached hydrogens (tertiary/aromatic N) is 1. The molecule has 0 aromatic heterocycles. The van der Waals surface area contributed by atoms with Gasteiger partial charge >= 0.3 is 5.97 Å². The summed E-state index contributed by atoms with van der Waals surface area (Å²) in [5, 5.41) is 10.0. The van der Waals surface area contributed by atoms with E-state index in [2.05, 4.69) is 0 Å². The van der Waals surface area contributed by atoms with Gasteiger partial charge in [0.05, 0.1) is 16.5 Å². The molecule has 106 valence electrons. The van der Waals surface area contributed by atoms with Crippen LogP contribution in [0.3, 0.4) is 0 Å². The first-order valence-corrected chi connectivity index (χ1v) is 7.25. The summed E-state index contributed by atoms with van der Waals surface area (Å²) >= 11 is 12.0. The smallest absolute Gasteiger partial charge is 0.308 e. The van der Waals surface area contributed by atoms with E-state index in [1.54, 1.807) is 23.1 Å². The number of hydrogen-bond donors (Lipinski definition) is 1. The van der Waals surface area contributed by atoms with E-state index in [0.29, 0.717) is 22.0 Å². The van der Waals surface area contributed by atoms with Crippen molar-refractivity contribution in [1.29, 1.82) is 0 Å². The predicted molar refractivity (Wildman–Crippen MR) is 75.2 cm³/mol. The van der Waals surface area contributed by atoms with E-state index in [0.717, 1.165) is 12.8 Å². The Hall–Kier alpha value is -1.26. The van der Waals surface area contributed by atoms with Gasteiger partial charge in [-0.1, -0.05) is 23.2 Å². The molecule has 2 aliphatic rings. The van der Waals surface area contributed by atoms with E-state index >= 15 is 0 Å². The summed E-state index contributed by atoms with van der Waals surface area (Å²) in [5.74, 6) is -1.50. The normalized spacial score (nSPS) is 27.9. The largest absolute Gasteiger partial charge is 0.481 e. The van der Waals surface area contributed by atoms with Crippen LogP contribution in [0.4, 0.5) is 0 Å². The summed E-state index contributed by atoms with van der Waals surface area (Å²) in [6, 6.07) is 4.53. The van der Waals surface area contributed by atoms with E-state index in [-0.39, 0.29) is 18.0 Å². The Morgan fingerprint density at radius 3 is 2.65 bits per heavy atom. The average molecular weight is 314 g/mol. The molecule has 0 radical (unpaired) electrons. The SMILES string of the molecule is O=C(O)C1CC2CCC1N2C(=O)c1cc(Cl)ccc1Cl. The predicted octanol–water partition coefficient (Wildman–Crippen LogP) is 3.07. The zero-order chi connectivity index (χ0) is 14.4. The lowest BCUT2D eigenvalue weighted by Crippen LogP contribution is -2.38. The fourth-order valence-corrected chi connectivity index (χ4v) is 3.74. The molecule has 0 aliphatic carbocycles. The molecular weight excluding hydrogens is 301 g/mol. The van der Waals surface area contributed by atoms with Crippen LogP contribution in [0, 0.1) is 5.92 Å². The van der Waals surface area contributed by atoms with Crippen LogP contribution in [-0.2, 0) is 4.79 Å². The molecule has 3 atom stereocenters. The standard InChI is InChI=1S/C14H13Cl2NO3/c15-7-1-3-11(16)9(5-7)13(18)17-8-2-4-12(17)10(6-8)14(19)20/h1,3,5,8,10,12H,2,4,6H2,(H,19,20). The third-order valence-corrected chi connectivity index (χ3v) is 4.81. The Morgan fingerprint density at radius 1 is 1.25 bits per heavy atom. The number of fused-ring (bicyclic) bond motifs is 2. The minimum absolute atomic E-state index is 0.00338. The summed E-state index contributed by atoms with van der Waals surface area (Å²) in [6.45, 7) is 0. The van der Waals surface area contributed by atoms with Gasteiger partial charge in [0.25, 0.3) is 5.91 Å². The topological polar surface area (TPSA) is 57.6 Å². The van der Waals surface area contributed by atoms with Gasteiger partial charge < -0.3 is 10.0 Å². The molecule has 2 aliphatic heterocycles. The lowest BCUT2D eigenvalue weighted by Gasteiger charge is -2.23. The van der Waals surface area contributed by atoms with Crippen molar-refractivity contribution in [2.24, 2.45) is 5.92 Å². The average Bonchev–Trinajstić information content (AvgIpc) is 2.98. The molecular formula is C14H13Cl2NO3. The monoisotopic (exact) mass is 313 g/mol. The van der Waals surface area contributed by atoms with Gasteiger partial charge in [-0.15, -0.1) is 0 Å². The number of rotatable bonds is 2. The Balaban J connectivity index is 1.92. The van der Waals surface area contributed by atoms with Crippen LogP contribution in [0.5, 0.6) is 0 Å². The van der Waals surface area contributed by atoms with Crippen LogP contribution in [0.1, 0.15) is 29.6 Å². The van der Waals surface area contributed by atoms with Gasteiger partial charge in [0.15, 0.2) is 0 Å². The number of carboxylic acids is 1. The van der Waals surface area contributed by atoms with Crippen molar-refractivity contribution >= 4 is 35.1 Å². The van der Waals surface area contributed by atoms with Crippen LogP contribution in [0.2, 0.25) is 10.0 Å². The zero-order valence-corrected chi connectivity index (χ0v) is 12.1. The lowest BCUT2D eigenvalue weighted by atomic mass is 9.89. The van der Waals surface area contributed by atoms with Crippen LogP contribution in [0.25, 0.3) is 0 Å². The summed E-state index contributed by atoms with van der Waals surface area (Å²) in [6.07, 6.45) is 2.13. The van der Waals surface area contributed by atoms with Gasteiger partial charge in [0.2, 0.25) is 0 Å². The van der Waals surface area contributed by atoms with E-state index in [1.165, 1.54) is 0 Å². The summed E-state index contributed by atoms with van der Waals surface area (Å²) in [4.78, 5) is 25.6.